The van der Waals surface area contributed by atoms with Gasteiger partial charge >= 0.3 is 17.9 Å². The Morgan fingerprint density at radius 2 is 1.47 bits per heavy atom. The Morgan fingerprint density at radius 1 is 0.882 bits per heavy atom. The van der Waals surface area contributed by atoms with Crippen molar-refractivity contribution >= 4 is 39.5 Å². The third-order valence-electron chi connectivity index (χ3n) is 4.47. The first-order chi connectivity index (χ1) is 16.0. The number of aryl methyl sites for hydroxylation is 1. The van der Waals surface area contributed by atoms with Gasteiger partial charge < -0.3 is 19.5 Å². The SMILES string of the molecule is CCNS(=O)(=O)c1ccc(C)c(C(=O)OCC(=O)Nc2cc(C(=O)OC)cc(C(=O)OC)c2)c1. The Hall–Kier alpha value is -3.77. The summed E-state index contributed by atoms with van der Waals surface area (Å²) in [5, 5.41) is 2.42. The highest BCUT2D eigenvalue weighted by Gasteiger charge is 2.20. The van der Waals surface area contributed by atoms with Crippen molar-refractivity contribution in [1.82, 2.24) is 4.72 Å². The number of hydrogen-bond acceptors (Lipinski definition) is 9. The summed E-state index contributed by atoms with van der Waals surface area (Å²) in [4.78, 5) is 48.4. The zero-order valence-electron chi connectivity index (χ0n) is 19.0. The molecule has 0 bridgehead atoms. The molecule has 0 heterocycles. The molecule has 0 aliphatic carbocycles. The molecule has 182 valence electrons. The van der Waals surface area contributed by atoms with Gasteiger partial charge in [0.2, 0.25) is 10.0 Å². The van der Waals surface area contributed by atoms with Gasteiger partial charge in [0.05, 0.1) is 35.8 Å². The number of benzene rings is 2. The van der Waals surface area contributed by atoms with Gasteiger partial charge in [-0.1, -0.05) is 13.0 Å². The van der Waals surface area contributed by atoms with Gasteiger partial charge in [-0.15, -0.1) is 0 Å². The topological polar surface area (TPSA) is 154 Å². The van der Waals surface area contributed by atoms with Crippen LogP contribution < -0.4 is 10.0 Å². The molecule has 0 saturated heterocycles. The molecule has 34 heavy (non-hydrogen) atoms. The lowest BCUT2D eigenvalue weighted by molar-refractivity contribution is -0.119. The first-order valence-corrected chi connectivity index (χ1v) is 11.4. The Morgan fingerprint density at radius 3 is 2.00 bits per heavy atom. The van der Waals surface area contributed by atoms with E-state index < -0.39 is 40.4 Å². The Kier molecular flexibility index (Phi) is 8.87. The number of esters is 3. The molecule has 0 spiro atoms. The van der Waals surface area contributed by atoms with Gasteiger partial charge in [-0.25, -0.2) is 27.5 Å². The first-order valence-electron chi connectivity index (χ1n) is 9.91. The summed E-state index contributed by atoms with van der Waals surface area (Å²) in [6, 6.07) is 7.76. The zero-order chi connectivity index (χ0) is 25.5. The number of rotatable bonds is 9. The Labute approximate surface area is 196 Å². The van der Waals surface area contributed by atoms with Crippen molar-refractivity contribution in [1.29, 1.82) is 0 Å². The molecule has 2 aromatic rings. The lowest BCUT2D eigenvalue weighted by atomic mass is 10.1. The molecule has 0 radical (unpaired) electrons. The molecule has 0 saturated carbocycles. The minimum atomic E-state index is -3.79. The Balaban J connectivity index is 2.16. The predicted molar refractivity (Wildman–Crippen MR) is 120 cm³/mol. The number of methoxy groups -OCH3 is 2. The lowest BCUT2D eigenvalue weighted by Crippen LogP contribution is -2.24. The molecule has 0 fully saturated rings. The molecular formula is C22H24N2O9S. The average Bonchev–Trinajstić information content (AvgIpc) is 2.81. The third-order valence-corrected chi connectivity index (χ3v) is 6.01. The summed E-state index contributed by atoms with van der Waals surface area (Å²) < 4.78 is 41.0. The monoisotopic (exact) mass is 492 g/mol. The van der Waals surface area contributed by atoms with Crippen LogP contribution in [0.25, 0.3) is 0 Å². The minimum absolute atomic E-state index is 0.00738. The molecule has 0 unspecified atom stereocenters. The van der Waals surface area contributed by atoms with Gasteiger partial charge in [0.25, 0.3) is 5.91 Å². The molecule has 0 aromatic heterocycles. The fraction of sp³-hybridized carbons (Fsp3) is 0.273. The first kappa shape index (κ1) is 26.5. The molecule has 0 atom stereocenters. The van der Waals surface area contributed by atoms with Crippen molar-refractivity contribution in [3.63, 3.8) is 0 Å². The van der Waals surface area contributed by atoms with E-state index in [1.807, 2.05) is 0 Å². The second kappa shape index (κ2) is 11.4. The van der Waals surface area contributed by atoms with Gasteiger partial charge in [0.1, 0.15) is 0 Å². The number of carbonyl (C=O) groups excluding carboxylic acids is 4. The summed E-state index contributed by atoms with van der Waals surface area (Å²) >= 11 is 0. The number of nitrogens with one attached hydrogen (secondary N) is 2. The van der Waals surface area contributed by atoms with Crippen LogP contribution in [0, 0.1) is 6.92 Å². The summed E-state index contributed by atoms with van der Waals surface area (Å²) in [6.45, 7) is 2.67. The maximum absolute atomic E-state index is 12.5. The summed E-state index contributed by atoms with van der Waals surface area (Å²) in [5.74, 6) is -3.15. The van der Waals surface area contributed by atoms with E-state index in [0.717, 1.165) is 20.3 Å². The van der Waals surface area contributed by atoms with Gasteiger partial charge in [-0.3, -0.25) is 4.79 Å². The van der Waals surface area contributed by atoms with E-state index in [0.29, 0.717) is 5.56 Å². The van der Waals surface area contributed by atoms with Gasteiger partial charge in [-0.2, -0.15) is 0 Å². The standard InChI is InChI=1S/C22H24N2O9S/c1-5-23-34(29,30)17-7-6-13(2)18(11-17)22(28)33-12-19(25)24-16-9-14(20(26)31-3)8-15(10-16)21(27)32-4/h6-11,23H,5,12H2,1-4H3,(H,24,25). The van der Waals surface area contributed by atoms with E-state index in [2.05, 4.69) is 19.5 Å². The number of anilines is 1. The summed E-state index contributed by atoms with van der Waals surface area (Å²) in [7, 11) is -1.48. The van der Waals surface area contributed by atoms with Crippen molar-refractivity contribution in [2.24, 2.45) is 0 Å². The highest BCUT2D eigenvalue weighted by atomic mass is 32.2. The van der Waals surface area contributed by atoms with Crippen LogP contribution in [0.5, 0.6) is 0 Å². The van der Waals surface area contributed by atoms with Crippen LogP contribution in [-0.4, -0.2) is 59.6 Å². The number of carbonyl (C=O) groups is 4. The van der Waals surface area contributed by atoms with Crippen LogP contribution >= 0.6 is 0 Å². The molecule has 12 heteroatoms. The minimum Gasteiger partial charge on any atom is -0.465 e. The van der Waals surface area contributed by atoms with Gasteiger partial charge in [0.15, 0.2) is 6.61 Å². The number of sulfonamides is 1. The van der Waals surface area contributed by atoms with Crippen LogP contribution in [0.2, 0.25) is 0 Å². The average molecular weight is 493 g/mol. The third kappa shape index (κ3) is 6.62. The number of hydrogen-bond donors (Lipinski definition) is 2. The van der Waals surface area contributed by atoms with Gasteiger partial charge in [-0.05, 0) is 42.8 Å². The molecule has 2 N–H and O–H groups in total. The van der Waals surface area contributed by atoms with Crippen molar-refractivity contribution in [2.45, 2.75) is 18.7 Å². The van der Waals surface area contributed by atoms with E-state index in [1.54, 1.807) is 13.8 Å². The van der Waals surface area contributed by atoms with Crippen molar-refractivity contribution in [3.8, 4) is 0 Å². The van der Waals surface area contributed by atoms with Crippen LogP contribution in [-0.2, 0) is 29.0 Å². The normalized spacial score (nSPS) is 10.8. The predicted octanol–water partition coefficient (Wildman–Crippen LogP) is 1.66. The highest BCUT2D eigenvalue weighted by molar-refractivity contribution is 7.89. The second-order valence-corrected chi connectivity index (χ2v) is 8.65. The van der Waals surface area contributed by atoms with Crippen LogP contribution in [0.4, 0.5) is 5.69 Å². The summed E-state index contributed by atoms with van der Waals surface area (Å²) in [5.41, 5.74) is 0.486. The van der Waals surface area contributed by atoms with Crippen molar-refractivity contribution in [3.05, 3.63) is 58.7 Å². The number of amides is 1. The van der Waals surface area contributed by atoms with E-state index in [-0.39, 0.29) is 33.8 Å². The molecular weight excluding hydrogens is 468 g/mol. The molecule has 0 aliphatic heterocycles. The highest BCUT2D eigenvalue weighted by Crippen LogP contribution is 2.18. The molecule has 1 amide bonds. The zero-order valence-corrected chi connectivity index (χ0v) is 19.8. The quantitative estimate of drug-likeness (QED) is 0.393. The van der Waals surface area contributed by atoms with E-state index in [9.17, 15) is 27.6 Å². The molecule has 2 rings (SSSR count). The smallest absolute Gasteiger partial charge is 0.338 e. The second-order valence-electron chi connectivity index (χ2n) is 6.88. The van der Waals surface area contributed by atoms with E-state index in [1.165, 1.54) is 30.3 Å². The van der Waals surface area contributed by atoms with Crippen molar-refractivity contribution < 1.29 is 41.8 Å². The van der Waals surface area contributed by atoms with Gasteiger partial charge in [0, 0.05) is 12.2 Å². The largest absolute Gasteiger partial charge is 0.465 e. The maximum Gasteiger partial charge on any atom is 0.338 e. The van der Waals surface area contributed by atoms with Crippen molar-refractivity contribution in [2.75, 3.05) is 32.7 Å². The molecule has 2 aromatic carbocycles. The molecule has 11 nitrogen and oxygen atoms in total. The lowest BCUT2D eigenvalue weighted by Gasteiger charge is -2.11. The van der Waals surface area contributed by atoms with Crippen LogP contribution in [0.3, 0.4) is 0 Å². The summed E-state index contributed by atoms with van der Waals surface area (Å²) in [6.07, 6.45) is 0. The maximum atomic E-state index is 12.5. The van der Waals surface area contributed by atoms with E-state index in [4.69, 9.17) is 4.74 Å². The van der Waals surface area contributed by atoms with Crippen LogP contribution in [0.1, 0.15) is 43.6 Å². The number of ether oxygens (including phenoxy) is 3. The van der Waals surface area contributed by atoms with Crippen LogP contribution in [0.15, 0.2) is 41.3 Å². The molecule has 0 aliphatic rings. The fourth-order valence-electron chi connectivity index (χ4n) is 2.84. The van der Waals surface area contributed by atoms with E-state index >= 15 is 0 Å². The fourth-order valence-corrected chi connectivity index (χ4v) is 3.91. The Bertz CT molecular complexity index is 1190.